The lowest BCUT2D eigenvalue weighted by atomic mass is 10.2. The minimum Gasteiger partial charge on any atom is -0.411 e. The second-order valence-corrected chi connectivity index (χ2v) is 2.53. The summed E-state index contributed by atoms with van der Waals surface area (Å²) in [7, 11) is 0. The minimum atomic E-state index is -0.580. The summed E-state index contributed by atoms with van der Waals surface area (Å²) >= 11 is 5.67. The number of nitrogens with two attached hydrogens (primary N) is 2. The monoisotopic (exact) mass is 186 g/mol. The van der Waals surface area contributed by atoms with Gasteiger partial charge < -0.3 is 10.6 Å². The molecule has 0 unspecified atom stereocenters. The van der Waals surface area contributed by atoms with Crippen molar-refractivity contribution in [3.05, 3.63) is 28.8 Å². The van der Waals surface area contributed by atoms with Gasteiger partial charge in [-0.15, -0.1) is 0 Å². The molecule has 1 amide bonds. The van der Waals surface area contributed by atoms with Gasteiger partial charge in [-0.2, -0.15) is 5.90 Å². The molecular weight excluding hydrogens is 180 g/mol. The van der Waals surface area contributed by atoms with Crippen molar-refractivity contribution in [3.63, 3.8) is 0 Å². The van der Waals surface area contributed by atoms with E-state index in [0.29, 0.717) is 5.75 Å². The Kier molecular flexibility index (Phi) is 2.52. The van der Waals surface area contributed by atoms with Crippen molar-refractivity contribution in [3.8, 4) is 5.75 Å². The van der Waals surface area contributed by atoms with Crippen molar-refractivity contribution in [2.75, 3.05) is 0 Å². The molecule has 0 bridgehead atoms. The molecule has 12 heavy (non-hydrogen) atoms. The van der Waals surface area contributed by atoms with Gasteiger partial charge in [-0.3, -0.25) is 4.79 Å². The second-order valence-electron chi connectivity index (χ2n) is 2.12. The highest BCUT2D eigenvalue weighted by Gasteiger charge is 2.06. The average Bonchev–Trinajstić information content (AvgIpc) is 2.03. The molecule has 0 heterocycles. The van der Waals surface area contributed by atoms with Crippen LogP contribution in [0.3, 0.4) is 0 Å². The number of amides is 1. The zero-order valence-electron chi connectivity index (χ0n) is 6.08. The predicted octanol–water partition coefficient (Wildman–Crippen LogP) is 0.691. The SMILES string of the molecule is NOc1ccc(C(N)=O)c(Cl)c1. The Labute approximate surface area is 74.0 Å². The molecule has 0 radical (unpaired) electrons. The normalized spacial score (nSPS) is 9.50. The molecule has 0 spiro atoms. The second kappa shape index (κ2) is 3.42. The van der Waals surface area contributed by atoms with Crippen molar-refractivity contribution in [1.29, 1.82) is 0 Å². The summed E-state index contributed by atoms with van der Waals surface area (Å²) in [5.74, 6) is 4.67. The maximum Gasteiger partial charge on any atom is 0.250 e. The molecule has 1 aromatic rings. The Bertz CT molecular complexity index is 314. The van der Waals surface area contributed by atoms with E-state index in [1.807, 2.05) is 0 Å². The van der Waals surface area contributed by atoms with Crippen LogP contribution in [-0.2, 0) is 0 Å². The summed E-state index contributed by atoms with van der Waals surface area (Å²) in [6.45, 7) is 0. The third-order valence-electron chi connectivity index (χ3n) is 1.34. The molecular formula is C7H7ClN2O2. The van der Waals surface area contributed by atoms with Gasteiger partial charge in [0.25, 0.3) is 0 Å². The summed E-state index contributed by atoms with van der Waals surface area (Å²) in [6, 6.07) is 4.38. The largest absolute Gasteiger partial charge is 0.411 e. The number of hydrogen-bond acceptors (Lipinski definition) is 3. The van der Waals surface area contributed by atoms with Gasteiger partial charge in [-0.1, -0.05) is 11.6 Å². The number of primary amides is 1. The standard InChI is InChI=1S/C7H7ClN2O2/c8-6-3-4(12-10)1-2-5(6)7(9)11/h1-3H,10H2,(H2,9,11). The van der Waals surface area contributed by atoms with Gasteiger partial charge in [-0.25, -0.2) is 0 Å². The van der Waals surface area contributed by atoms with Crippen LogP contribution in [0, 0.1) is 0 Å². The number of carbonyl (C=O) groups excluding carboxylic acids is 1. The molecule has 4 nitrogen and oxygen atoms in total. The van der Waals surface area contributed by atoms with Crippen LogP contribution < -0.4 is 16.5 Å². The molecule has 1 rings (SSSR count). The fourth-order valence-electron chi connectivity index (χ4n) is 0.769. The Morgan fingerprint density at radius 1 is 1.50 bits per heavy atom. The van der Waals surface area contributed by atoms with Gasteiger partial charge in [0.1, 0.15) is 5.75 Å². The quantitative estimate of drug-likeness (QED) is 0.667. The van der Waals surface area contributed by atoms with E-state index in [4.69, 9.17) is 23.2 Å². The fourth-order valence-corrected chi connectivity index (χ4v) is 1.03. The lowest BCUT2D eigenvalue weighted by Gasteiger charge is -2.01. The summed E-state index contributed by atoms with van der Waals surface area (Å²) in [5.41, 5.74) is 5.26. The van der Waals surface area contributed by atoms with Gasteiger partial charge >= 0.3 is 0 Å². The van der Waals surface area contributed by atoms with E-state index >= 15 is 0 Å². The van der Waals surface area contributed by atoms with Crippen molar-refractivity contribution in [2.24, 2.45) is 11.6 Å². The Morgan fingerprint density at radius 2 is 2.17 bits per heavy atom. The highest BCUT2D eigenvalue weighted by Crippen LogP contribution is 2.21. The van der Waals surface area contributed by atoms with E-state index in [0.717, 1.165) is 0 Å². The molecule has 5 heteroatoms. The van der Waals surface area contributed by atoms with Crippen molar-refractivity contribution >= 4 is 17.5 Å². The molecule has 0 saturated heterocycles. The number of rotatable bonds is 2. The highest BCUT2D eigenvalue weighted by molar-refractivity contribution is 6.33. The van der Waals surface area contributed by atoms with E-state index in [1.165, 1.54) is 18.2 Å². The molecule has 0 aliphatic carbocycles. The van der Waals surface area contributed by atoms with E-state index in [9.17, 15) is 4.79 Å². The third-order valence-corrected chi connectivity index (χ3v) is 1.65. The van der Waals surface area contributed by atoms with Crippen molar-refractivity contribution < 1.29 is 9.63 Å². The molecule has 0 saturated carbocycles. The Balaban J connectivity index is 3.12. The lowest BCUT2D eigenvalue weighted by Crippen LogP contribution is -2.11. The van der Waals surface area contributed by atoms with Crippen LogP contribution in [0.1, 0.15) is 10.4 Å². The van der Waals surface area contributed by atoms with Gasteiger partial charge in [-0.05, 0) is 12.1 Å². The topological polar surface area (TPSA) is 78.3 Å². The number of carbonyl (C=O) groups is 1. The van der Waals surface area contributed by atoms with Gasteiger partial charge in [0.15, 0.2) is 0 Å². The van der Waals surface area contributed by atoms with Gasteiger partial charge in [0, 0.05) is 6.07 Å². The Morgan fingerprint density at radius 3 is 2.58 bits per heavy atom. The average molecular weight is 187 g/mol. The molecule has 0 atom stereocenters. The number of halogens is 1. The smallest absolute Gasteiger partial charge is 0.250 e. The summed E-state index contributed by atoms with van der Waals surface area (Å²) in [5, 5.41) is 0.227. The molecule has 0 aromatic heterocycles. The number of benzene rings is 1. The first-order valence-corrected chi connectivity index (χ1v) is 3.49. The first kappa shape index (κ1) is 8.83. The third kappa shape index (κ3) is 1.66. The van der Waals surface area contributed by atoms with Gasteiger partial charge in [0.2, 0.25) is 5.91 Å². The molecule has 0 aliphatic heterocycles. The minimum absolute atomic E-state index is 0.227. The van der Waals surface area contributed by atoms with Crippen LogP contribution in [0.25, 0.3) is 0 Å². The summed E-state index contributed by atoms with van der Waals surface area (Å²) < 4.78 is 0. The van der Waals surface area contributed by atoms with E-state index in [2.05, 4.69) is 4.84 Å². The number of hydrogen-bond donors (Lipinski definition) is 2. The maximum atomic E-state index is 10.7. The highest BCUT2D eigenvalue weighted by atomic mass is 35.5. The van der Waals surface area contributed by atoms with E-state index in [-0.39, 0.29) is 10.6 Å². The molecule has 0 fully saturated rings. The molecule has 4 N–H and O–H groups in total. The van der Waals surface area contributed by atoms with Crippen LogP contribution in [0.15, 0.2) is 18.2 Å². The summed E-state index contributed by atoms with van der Waals surface area (Å²) in [4.78, 5) is 15.1. The van der Waals surface area contributed by atoms with E-state index in [1.54, 1.807) is 0 Å². The lowest BCUT2D eigenvalue weighted by molar-refractivity contribution is 0.100. The Hall–Kier alpha value is -1.26. The molecule has 1 aromatic carbocycles. The zero-order valence-corrected chi connectivity index (χ0v) is 6.84. The van der Waals surface area contributed by atoms with Crippen LogP contribution >= 0.6 is 11.6 Å². The fraction of sp³-hybridized carbons (Fsp3) is 0. The van der Waals surface area contributed by atoms with Crippen LogP contribution in [0.4, 0.5) is 0 Å². The molecule has 0 aliphatic rings. The van der Waals surface area contributed by atoms with Crippen LogP contribution in [-0.4, -0.2) is 5.91 Å². The maximum absolute atomic E-state index is 10.7. The van der Waals surface area contributed by atoms with Crippen molar-refractivity contribution in [2.45, 2.75) is 0 Å². The van der Waals surface area contributed by atoms with Crippen LogP contribution in [0.5, 0.6) is 5.75 Å². The first-order valence-electron chi connectivity index (χ1n) is 3.11. The van der Waals surface area contributed by atoms with E-state index < -0.39 is 5.91 Å². The molecule has 64 valence electrons. The van der Waals surface area contributed by atoms with Crippen molar-refractivity contribution in [1.82, 2.24) is 0 Å². The summed E-state index contributed by atoms with van der Waals surface area (Å²) in [6.07, 6.45) is 0. The predicted molar refractivity (Wildman–Crippen MR) is 44.8 cm³/mol. The van der Waals surface area contributed by atoms with Gasteiger partial charge in [0.05, 0.1) is 10.6 Å². The first-order chi connectivity index (χ1) is 5.65. The van der Waals surface area contributed by atoms with Crippen LogP contribution in [0.2, 0.25) is 5.02 Å². The zero-order chi connectivity index (χ0) is 9.14.